The molecule has 0 nitrogen and oxygen atoms in total. The Kier molecular flexibility index (Phi) is 9.58. The average molecular weight is 673 g/mol. The van der Waals surface area contributed by atoms with Crippen molar-refractivity contribution in [2.24, 2.45) is 5.92 Å². The van der Waals surface area contributed by atoms with E-state index >= 15 is 0 Å². The maximum atomic E-state index is 2.42. The van der Waals surface area contributed by atoms with Crippen LogP contribution in [0.25, 0.3) is 22.3 Å². The molecule has 0 amide bonds. The molecular formula is C40H30Cl2Zr. The predicted molar refractivity (Wildman–Crippen MR) is 166 cm³/mol. The van der Waals surface area contributed by atoms with E-state index in [-0.39, 0.29) is 74.7 Å². The molecule has 3 atom stereocenters. The summed E-state index contributed by atoms with van der Waals surface area (Å²) in [6, 6.07) is 49.8. The number of rotatable bonds is 5. The summed E-state index contributed by atoms with van der Waals surface area (Å²) < 4.78 is 0. The second-order valence-corrected chi connectivity index (χ2v) is 11.2. The molecular weight excluding hydrogens is 643 g/mol. The van der Waals surface area contributed by atoms with Crippen LogP contribution in [-0.2, 0) is 26.2 Å². The molecule has 5 aromatic rings. The summed E-state index contributed by atoms with van der Waals surface area (Å²) in [5.74, 6) is 0.917. The summed E-state index contributed by atoms with van der Waals surface area (Å²) >= 11 is 0. The van der Waals surface area contributed by atoms with Gasteiger partial charge in [0, 0.05) is 23.7 Å². The first-order valence-electron chi connectivity index (χ1n) is 14.4. The van der Waals surface area contributed by atoms with E-state index in [0.717, 1.165) is 0 Å². The van der Waals surface area contributed by atoms with Gasteiger partial charge in [0.25, 0.3) is 0 Å². The van der Waals surface area contributed by atoms with Gasteiger partial charge in [-0.25, -0.2) is 0 Å². The molecule has 3 heteroatoms. The molecule has 0 aromatic heterocycles. The van der Waals surface area contributed by atoms with Gasteiger partial charge in [-0.1, -0.05) is 158 Å². The van der Waals surface area contributed by atoms with Crippen molar-refractivity contribution >= 4 is 11.1 Å². The zero-order chi connectivity index (χ0) is 26.5. The van der Waals surface area contributed by atoms with Crippen LogP contribution in [0, 0.1) is 5.92 Å². The van der Waals surface area contributed by atoms with Crippen LogP contribution >= 0.6 is 0 Å². The van der Waals surface area contributed by atoms with Gasteiger partial charge in [0.15, 0.2) is 0 Å². The number of hydrogen-bond acceptors (Lipinski definition) is 0. The Morgan fingerprint density at radius 2 is 1.00 bits per heavy atom. The fourth-order valence-electron chi connectivity index (χ4n) is 7.66. The Labute approximate surface area is 285 Å². The van der Waals surface area contributed by atoms with Crippen molar-refractivity contribution in [2.75, 3.05) is 0 Å². The van der Waals surface area contributed by atoms with Crippen molar-refractivity contribution in [3.63, 3.8) is 0 Å². The molecule has 0 spiro atoms. The Bertz CT molecular complexity index is 1880. The molecule has 0 heterocycles. The van der Waals surface area contributed by atoms with Crippen molar-refractivity contribution in [1.29, 1.82) is 0 Å². The van der Waals surface area contributed by atoms with Gasteiger partial charge < -0.3 is 24.8 Å². The standard InChI is InChI=1S/C40H30.2ClH.Zr/c1-3-15-27(16-4-1)37(39-33-23-11-7-19-29(33)30-20-8-12-24-34(30)39)38(28-17-5-2-6-18-28)40-35-25-13-9-21-31(35)32-22-10-14-26-36(32)40;;;/h1-26,33,37-38,40H;2*1H;/q;;;+2/p-2. The molecule has 0 radical (unpaired) electrons. The van der Waals surface area contributed by atoms with E-state index in [0.29, 0.717) is 0 Å². The van der Waals surface area contributed by atoms with Crippen molar-refractivity contribution < 1.29 is 51.0 Å². The van der Waals surface area contributed by atoms with Gasteiger partial charge in [-0.15, -0.1) is 0 Å². The summed E-state index contributed by atoms with van der Waals surface area (Å²) in [6.07, 6.45) is 9.18. The molecule has 0 N–H and O–H groups in total. The second-order valence-electron chi connectivity index (χ2n) is 11.2. The molecule has 43 heavy (non-hydrogen) atoms. The third-order valence-electron chi connectivity index (χ3n) is 9.19. The Balaban J connectivity index is 0.00000123. The van der Waals surface area contributed by atoms with E-state index in [1.807, 2.05) is 0 Å². The normalized spacial score (nSPS) is 16.9. The molecule has 0 fully saturated rings. The largest absolute Gasteiger partial charge is 2.00 e. The summed E-state index contributed by atoms with van der Waals surface area (Å²) in [6.45, 7) is 0. The fourth-order valence-corrected chi connectivity index (χ4v) is 7.66. The molecule has 0 saturated carbocycles. The van der Waals surface area contributed by atoms with Crippen LogP contribution in [0.2, 0.25) is 0 Å². The first-order chi connectivity index (χ1) is 19.9. The molecule has 0 saturated heterocycles. The van der Waals surface area contributed by atoms with E-state index in [1.165, 1.54) is 55.0 Å². The number of fused-ring (bicyclic) bond motifs is 5. The van der Waals surface area contributed by atoms with Crippen molar-refractivity contribution in [3.05, 3.63) is 190 Å². The van der Waals surface area contributed by atoms with Gasteiger partial charge in [0.1, 0.15) is 0 Å². The zero-order valence-electron chi connectivity index (χ0n) is 23.6. The van der Waals surface area contributed by atoms with E-state index in [4.69, 9.17) is 0 Å². The van der Waals surface area contributed by atoms with Crippen LogP contribution in [0.5, 0.6) is 0 Å². The van der Waals surface area contributed by atoms with Crippen LogP contribution in [-0.4, -0.2) is 0 Å². The zero-order valence-corrected chi connectivity index (χ0v) is 27.5. The van der Waals surface area contributed by atoms with Gasteiger partial charge >= 0.3 is 26.2 Å². The van der Waals surface area contributed by atoms with E-state index in [1.54, 1.807) is 0 Å². The summed E-state index contributed by atoms with van der Waals surface area (Å²) in [5.41, 5.74) is 11.3. The number of hydrogen-bond donors (Lipinski definition) is 0. The monoisotopic (exact) mass is 670 g/mol. The molecule has 3 aliphatic rings. The van der Waals surface area contributed by atoms with Gasteiger partial charge in [-0.3, -0.25) is 0 Å². The number of benzene rings is 5. The molecule has 0 bridgehead atoms. The summed E-state index contributed by atoms with van der Waals surface area (Å²) in [5, 5.41) is 2.77. The predicted octanol–water partition coefficient (Wildman–Crippen LogP) is 2.13. The maximum absolute atomic E-state index is 2.42. The topological polar surface area (TPSA) is 0 Å². The minimum Gasteiger partial charge on any atom is -1.00 e. The first kappa shape index (κ1) is 31.2. The number of halogens is 2. The van der Waals surface area contributed by atoms with Crippen LogP contribution in [0.15, 0.2) is 158 Å². The molecule has 3 aliphatic carbocycles. The van der Waals surface area contributed by atoms with E-state index in [9.17, 15) is 0 Å². The SMILES string of the molecule is C1=CC2=c3ccccc3=C(C(c3ccccc3)C(c3ccccc3)C3c4ccccc4-c4ccccc43)C2C=C1.[Cl-].[Cl-].[Zr+2]. The number of allylic oxidation sites excluding steroid dienone is 4. The smallest absolute Gasteiger partial charge is 1.00 e. The molecule has 3 unspecified atom stereocenters. The fraction of sp³-hybridized carbons (Fsp3) is 0.100. The van der Waals surface area contributed by atoms with Crippen LogP contribution in [0.1, 0.15) is 40.0 Å². The molecule has 0 aliphatic heterocycles. The van der Waals surface area contributed by atoms with Crippen molar-refractivity contribution in [3.8, 4) is 11.1 Å². The Morgan fingerprint density at radius 1 is 0.488 bits per heavy atom. The third kappa shape index (κ3) is 5.17. The molecule has 208 valence electrons. The molecule has 8 rings (SSSR count). The maximum Gasteiger partial charge on any atom is 2.00 e. The van der Waals surface area contributed by atoms with Gasteiger partial charge in [-0.2, -0.15) is 0 Å². The average Bonchev–Trinajstić information content (AvgIpc) is 3.54. The van der Waals surface area contributed by atoms with Crippen LogP contribution in [0.4, 0.5) is 0 Å². The molecule has 5 aromatic carbocycles. The minimum absolute atomic E-state index is 0. The minimum atomic E-state index is 0. The van der Waals surface area contributed by atoms with Crippen LogP contribution in [0.3, 0.4) is 0 Å². The Hall–Kier alpha value is -3.22. The van der Waals surface area contributed by atoms with Crippen molar-refractivity contribution in [2.45, 2.75) is 17.8 Å². The van der Waals surface area contributed by atoms with E-state index < -0.39 is 0 Å². The third-order valence-corrected chi connectivity index (χ3v) is 9.19. The summed E-state index contributed by atoms with van der Waals surface area (Å²) in [4.78, 5) is 0. The van der Waals surface area contributed by atoms with Gasteiger partial charge in [-0.05, 0) is 55.0 Å². The van der Waals surface area contributed by atoms with Gasteiger partial charge in [0.05, 0.1) is 0 Å². The Morgan fingerprint density at radius 3 is 1.63 bits per heavy atom. The first-order valence-corrected chi connectivity index (χ1v) is 14.4. The van der Waals surface area contributed by atoms with Crippen molar-refractivity contribution in [1.82, 2.24) is 0 Å². The van der Waals surface area contributed by atoms with E-state index in [2.05, 4.69) is 158 Å². The van der Waals surface area contributed by atoms with Crippen LogP contribution < -0.4 is 35.3 Å². The quantitative estimate of drug-likeness (QED) is 0.269. The summed E-state index contributed by atoms with van der Waals surface area (Å²) in [7, 11) is 0. The van der Waals surface area contributed by atoms with Gasteiger partial charge in [0.2, 0.25) is 0 Å². The second kappa shape index (κ2) is 13.2.